The number of nitrogens with zero attached hydrogens (tertiary/aromatic N) is 2. The van der Waals surface area contributed by atoms with E-state index in [9.17, 15) is 14.0 Å². The van der Waals surface area contributed by atoms with Crippen LogP contribution in [0.2, 0.25) is 0 Å². The van der Waals surface area contributed by atoms with E-state index in [0.717, 1.165) is 5.56 Å². The lowest BCUT2D eigenvalue weighted by molar-refractivity contribution is -0.128. The average molecular weight is 378 g/mol. The van der Waals surface area contributed by atoms with Crippen molar-refractivity contribution in [1.82, 2.24) is 20.4 Å². The van der Waals surface area contributed by atoms with Crippen molar-refractivity contribution in [1.29, 1.82) is 0 Å². The summed E-state index contributed by atoms with van der Waals surface area (Å²) in [4.78, 5) is 27.5. The second-order valence-electron chi connectivity index (χ2n) is 6.69. The van der Waals surface area contributed by atoms with Crippen LogP contribution in [0.5, 0.6) is 0 Å². The van der Waals surface area contributed by atoms with E-state index in [1.165, 1.54) is 23.1 Å². The summed E-state index contributed by atoms with van der Waals surface area (Å²) in [5.41, 5.74) is 2.81. The molecule has 2 N–H and O–H groups in total. The molecule has 4 rings (SSSR count). The lowest BCUT2D eigenvalue weighted by Gasteiger charge is -2.35. The van der Waals surface area contributed by atoms with Crippen LogP contribution in [0, 0.1) is 12.7 Å². The number of aromatic amines is 1. The second-order valence-corrected chi connectivity index (χ2v) is 6.69. The third-order valence-electron chi connectivity index (χ3n) is 4.85. The van der Waals surface area contributed by atoms with Gasteiger partial charge in [-0.3, -0.25) is 14.7 Å². The number of halogens is 1. The number of H-pyrrole nitrogens is 1. The minimum absolute atomic E-state index is 0.311. The molecule has 3 aromatic rings. The van der Waals surface area contributed by atoms with Gasteiger partial charge in [0.25, 0.3) is 5.91 Å². The molecule has 1 atom stereocenters. The van der Waals surface area contributed by atoms with Crippen molar-refractivity contribution in [2.24, 2.45) is 0 Å². The van der Waals surface area contributed by atoms with E-state index in [1.807, 2.05) is 30.3 Å². The van der Waals surface area contributed by atoms with Crippen LogP contribution < -0.4 is 5.32 Å². The molecular weight excluding hydrogens is 359 g/mol. The van der Waals surface area contributed by atoms with Crippen molar-refractivity contribution in [2.45, 2.75) is 13.0 Å². The normalized spacial score (nSPS) is 16.7. The standard InChI is InChI=1S/C21H19FN4O2/c1-13-17(18(25-24-13)14-6-3-2-4-7-14)21(28)26-11-10-23-20(27)19(26)15-8-5-9-16(22)12-15/h2-9,12,19H,10-11H2,1H3,(H,23,27)(H,24,25). The van der Waals surface area contributed by atoms with Crippen LogP contribution in [-0.4, -0.2) is 40.0 Å². The molecule has 1 unspecified atom stereocenters. The van der Waals surface area contributed by atoms with Gasteiger partial charge in [0.1, 0.15) is 17.6 Å². The molecule has 1 saturated heterocycles. The van der Waals surface area contributed by atoms with Crippen molar-refractivity contribution in [3.63, 3.8) is 0 Å². The van der Waals surface area contributed by atoms with E-state index >= 15 is 0 Å². The van der Waals surface area contributed by atoms with Gasteiger partial charge < -0.3 is 10.2 Å². The van der Waals surface area contributed by atoms with Crippen molar-refractivity contribution in [2.75, 3.05) is 13.1 Å². The first-order valence-electron chi connectivity index (χ1n) is 9.01. The maximum Gasteiger partial charge on any atom is 0.258 e. The highest BCUT2D eigenvalue weighted by molar-refractivity contribution is 6.03. The molecule has 142 valence electrons. The quantitative estimate of drug-likeness (QED) is 0.736. The average Bonchev–Trinajstić information content (AvgIpc) is 3.09. The summed E-state index contributed by atoms with van der Waals surface area (Å²) in [5, 5.41) is 9.93. The number of aromatic nitrogens is 2. The zero-order chi connectivity index (χ0) is 19.7. The third-order valence-corrected chi connectivity index (χ3v) is 4.85. The van der Waals surface area contributed by atoms with Gasteiger partial charge in [-0.1, -0.05) is 42.5 Å². The van der Waals surface area contributed by atoms with Crippen LogP contribution in [0.15, 0.2) is 54.6 Å². The van der Waals surface area contributed by atoms with E-state index in [2.05, 4.69) is 15.5 Å². The van der Waals surface area contributed by atoms with E-state index in [1.54, 1.807) is 13.0 Å². The Hall–Kier alpha value is -3.48. The molecule has 2 amide bonds. The molecule has 1 aliphatic heterocycles. The van der Waals surface area contributed by atoms with E-state index in [4.69, 9.17) is 0 Å². The maximum atomic E-state index is 13.8. The largest absolute Gasteiger partial charge is 0.352 e. The molecule has 28 heavy (non-hydrogen) atoms. The Morgan fingerprint density at radius 1 is 1.18 bits per heavy atom. The summed E-state index contributed by atoms with van der Waals surface area (Å²) in [7, 11) is 0. The van der Waals surface area contributed by atoms with Crippen molar-refractivity contribution >= 4 is 11.8 Å². The lowest BCUT2D eigenvalue weighted by atomic mass is 9.99. The number of hydrogen-bond donors (Lipinski definition) is 2. The molecular formula is C21H19FN4O2. The van der Waals surface area contributed by atoms with Crippen molar-refractivity contribution < 1.29 is 14.0 Å². The molecule has 6 nitrogen and oxygen atoms in total. The third kappa shape index (κ3) is 3.15. The summed E-state index contributed by atoms with van der Waals surface area (Å²) in [6.07, 6.45) is 0. The molecule has 1 aliphatic rings. The fourth-order valence-corrected chi connectivity index (χ4v) is 3.53. The van der Waals surface area contributed by atoms with Gasteiger partial charge in [-0.15, -0.1) is 0 Å². The van der Waals surface area contributed by atoms with Gasteiger partial charge in [0.15, 0.2) is 0 Å². The Labute approximate surface area is 161 Å². The SMILES string of the molecule is Cc1[nH]nc(-c2ccccc2)c1C(=O)N1CCNC(=O)C1c1cccc(F)c1. The first-order valence-corrected chi connectivity index (χ1v) is 9.01. The molecule has 0 saturated carbocycles. The fraction of sp³-hybridized carbons (Fsp3) is 0.190. The van der Waals surface area contributed by atoms with Gasteiger partial charge in [0.2, 0.25) is 5.91 Å². The number of benzene rings is 2. The van der Waals surface area contributed by atoms with Gasteiger partial charge in [0.05, 0.1) is 5.56 Å². The number of carbonyl (C=O) groups excluding carboxylic acids is 2. The van der Waals surface area contributed by atoms with E-state index in [-0.39, 0.29) is 11.8 Å². The maximum absolute atomic E-state index is 13.8. The number of nitrogens with one attached hydrogen (secondary N) is 2. The predicted octanol–water partition coefficient (Wildman–Crippen LogP) is 2.84. The predicted molar refractivity (Wildman–Crippen MR) is 102 cm³/mol. The van der Waals surface area contributed by atoms with Crippen LogP contribution in [-0.2, 0) is 4.79 Å². The highest BCUT2D eigenvalue weighted by atomic mass is 19.1. The zero-order valence-electron chi connectivity index (χ0n) is 15.3. The van der Waals surface area contributed by atoms with Crippen LogP contribution in [0.25, 0.3) is 11.3 Å². The zero-order valence-corrected chi connectivity index (χ0v) is 15.3. The van der Waals surface area contributed by atoms with Crippen LogP contribution in [0.4, 0.5) is 4.39 Å². The smallest absolute Gasteiger partial charge is 0.258 e. The molecule has 2 aromatic carbocycles. The summed E-state index contributed by atoms with van der Waals surface area (Å²) >= 11 is 0. The molecule has 1 fully saturated rings. The summed E-state index contributed by atoms with van der Waals surface area (Å²) in [6.45, 7) is 2.44. The first-order chi connectivity index (χ1) is 13.6. The van der Waals surface area contributed by atoms with Gasteiger partial charge in [-0.25, -0.2) is 4.39 Å². The second kappa shape index (κ2) is 7.26. The van der Waals surface area contributed by atoms with Crippen LogP contribution in [0.3, 0.4) is 0 Å². The van der Waals surface area contributed by atoms with Gasteiger partial charge in [0, 0.05) is 24.3 Å². The summed E-state index contributed by atoms with van der Waals surface area (Å²) < 4.78 is 13.8. The van der Waals surface area contributed by atoms with Gasteiger partial charge in [-0.05, 0) is 24.6 Å². The molecule has 0 bridgehead atoms. The molecule has 7 heteroatoms. The number of amides is 2. The lowest BCUT2D eigenvalue weighted by Crippen LogP contribution is -2.52. The number of hydrogen-bond acceptors (Lipinski definition) is 3. The Morgan fingerprint density at radius 2 is 1.96 bits per heavy atom. The Balaban J connectivity index is 1.76. The Morgan fingerprint density at radius 3 is 2.71 bits per heavy atom. The van der Waals surface area contributed by atoms with Crippen LogP contribution >= 0.6 is 0 Å². The minimum atomic E-state index is -0.894. The highest BCUT2D eigenvalue weighted by Crippen LogP contribution is 2.30. The van der Waals surface area contributed by atoms with E-state index in [0.29, 0.717) is 35.6 Å². The molecule has 0 aliphatic carbocycles. The molecule has 0 radical (unpaired) electrons. The number of rotatable bonds is 3. The minimum Gasteiger partial charge on any atom is -0.352 e. The summed E-state index contributed by atoms with van der Waals surface area (Å²) in [6, 6.07) is 14.3. The van der Waals surface area contributed by atoms with Gasteiger partial charge >= 0.3 is 0 Å². The topological polar surface area (TPSA) is 78.1 Å². The monoisotopic (exact) mass is 378 g/mol. The number of piperazine rings is 1. The van der Waals surface area contributed by atoms with Crippen molar-refractivity contribution in [3.05, 3.63) is 77.2 Å². The van der Waals surface area contributed by atoms with Gasteiger partial charge in [-0.2, -0.15) is 5.10 Å². The molecule has 0 spiro atoms. The summed E-state index contributed by atoms with van der Waals surface area (Å²) in [5.74, 6) is -1.09. The van der Waals surface area contributed by atoms with Crippen molar-refractivity contribution in [3.8, 4) is 11.3 Å². The highest BCUT2D eigenvalue weighted by Gasteiger charge is 2.37. The Kier molecular flexibility index (Phi) is 4.65. The Bertz CT molecular complexity index is 1030. The fourth-order valence-electron chi connectivity index (χ4n) is 3.53. The van der Waals surface area contributed by atoms with E-state index < -0.39 is 11.9 Å². The molecule has 1 aromatic heterocycles. The first kappa shape index (κ1) is 17.9. The molecule has 2 heterocycles. The number of aryl methyl sites for hydroxylation is 1. The van der Waals surface area contributed by atoms with Crippen LogP contribution in [0.1, 0.15) is 27.7 Å². The number of carbonyl (C=O) groups is 2.